The van der Waals surface area contributed by atoms with E-state index in [9.17, 15) is 9.18 Å². The number of hydrogen-bond acceptors (Lipinski definition) is 3. The average molecular weight is 482 g/mol. The lowest BCUT2D eigenvalue weighted by Gasteiger charge is -2.23. The molecule has 7 heteroatoms. The molecule has 2 aromatic heterocycles. The van der Waals surface area contributed by atoms with Gasteiger partial charge in [0.25, 0.3) is 5.56 Å². The minimum Gasteiger partial charge on any atom is -0.489 e. The fraction of sp³-hybridized carbons (Fsp3) is 0.296. The van der Waals surface area contributed by atoms with E-state index in [0.717, 1.165) is 37.1 Å². The van der Waals surface area contributed by atoms with E-state index in [1.165, 1.54) is 23.3 Å². The first kappa shape index (κ1) is 24.0. The molecule has 1 aliphatic rings. The molecule has 3 heterocycles. The van der Waals surface area contributed by atoms with E-state index >= 15 is 0 Å². The van der Waals surface area contributed by atoms with Gasteiger partial charge in [-0.05, 0) is 50.2 Å². The predicted octanol–water partition coefficient (Wildman–Crippen LogP) is 5.20. The molecule has 0 saturated heterocycles. The molecule has 34 heavy (non-hydrogen) atoms. The zero-order valence-electron chi connectivity index (χ0n) is 19.4. The lowest BCUT2D eigenvalue weighted by molar-refractivity contribution is 0.227. The molecule has 0 N–H and O–H groups in total. The van der Waals surface area contributed by atoms with Crippen molar-refractivity contribution in [3.63, 3.8) is 0 Å². The Hall–Kier alpha value is -3.09. The highest BCUT2D eigenvalue weighted by atomic mass is 35.5. The number of nitrogens with zero attached hydrogens (tertiary/aromatic N) is 3. The molecule has 0 unspecified atom stereocenters. The molecule has 1 aliphatic heterocycles. The van der Waals surface area contributed by atoms with E-state index in [1.807, 2.05) is 6.07 Å². The summed E-state index contributed by atoms with van der Waals surface area (Å²) in [5.74, 6) is 0.105. The van der Waals surface area contributed by atoms with E-state index in [2.05, 4.69) is 41.5 Å². The van der Waals surface area contributed by atoms with E-state index < -0.39 is 0 Å². The van der Waals surface area contributed by atoms with Crippen LogP contribution < -0.4 is 10.3 Å². The van der Waals surface area contributed by atoms with Gasteiger partial charge < -0.3 is 9.30 Å². The molecule has 0 atom stereocenters. The van der Waals surface area contributed by atoms with Gasteiger partial charge in [-0.1, -0.05) is 18.2 Å². The van der Waals surface area contributed by atoms with Gasteiger partial charge in [-0.2, -0.15) is 0 Å². The number of aromatic nitrogens is 2. The average Bonchev–Trinajstić information content (AvgIpc) is 3.00. The Morgan fingerprint density at radius 1 is 1.00 bits per heavy atom. The number of fused-ring (bicyclic) bond motifs is 3. The highest BCUT2D eigenvalue weighted by Gasteiger charge is 2.18. The SMILES string of the molecule is CC(C)N1CCc2cc3cc(-n4ccc(OCc5ccccc5F)cc4=O)ccc3n2CC1.Cl. The summed E-state index contributed by atoms with van der Waals surface area (Å²) in [6.45, 7) is 7.66. The Balaban J connectivity index is 0.00000274. The number of rotatable bonds is 5. The summed E-state index contributed by atoms with van der Waals surface area (Å²) >= 11 is 0. The molecule has 178 valence electrons. The Kier molecular flexibility index (Phi) is 7.10. The van der Waals surface area contributed by atoms with Crippen LogP contribution in [-0.4, -0.2) is 33.2 Å². The van der Waals surface area contributed by atoms with Gasteiger partial charge >= 0.3 is 0 Å². The zero-order valence-corrected chi connectivity index (χ0v) is 20.2. The Bertz CT molecular complexity index is 1360. The van der Waals surface area contributed by atoms with Gasteiger partial charge in [0, 0.05) is 72.2 Å². The van der Waals surface area contributed by atoms with Crippen LogP contribution >= 0.6 is 12.4 Å². The largest absolute Gasteiger partial charge is 0.489 e. The topological polar surface area (TPSA) is 39.4 Å². The third-order valence-corrected chi connectivity index (χ3v) is 6.49. The van der Waals surface area contributed by atoms with Crippen LogP contribution in [0.15, 0.2) is 71.7 Å². The van der Waals surface area contributed by atoms with Crippen LogP contribution in [0.5, 0.6) is 5.75 Å². The second-order valence-corrected chi connectivity index (χ2v) is 8.86. The molecule has 0 fully saturated rings. The van der Waals surface area contributed by atoms with Crippen molar-refractivity contribution in [2.45, 2.75) is 39.5 Å². The van der Waals surface area contributed by atoms with Crippen LogP contribution in [0.2, 0.25) is 0 Å². The molecule has 2 aromatic carbocycles. The van der Waals surface area contributed by atoms with Gasteiger partial charge in [-0.15, -0.1) is 12.4 Å². The summed E-state index contributed by atoms with van der Waals surface area (Å²) in [7, 11) is 0. The normalized spacial score (nSPS) is 14.0. The molecular weight excluding hydrogens is 453 g/mol. The van der Waals surface area contributed by atoms with Crippen LogP contribution in [0.3, 0.4) is 0 Å². The van der Waals surface area contributed by atoms with E-state index in [4.69, 9.17) is 4.74 Å². The highest BCUT2D eigenvalue weighted by Crippen LogP contribution is 2.25. The molecule has 0 saturated carbocycles. The molecule has 0 aliphatic carbocycles. The van der Waals surface area contributed by atoms with E-state index in [1.54, 1.807) is 35.0 Å². The molecule has 5 nitrogen and oxygen atoms in total. The Labute approximate surface area is 204 Å². The summed E-state index contributed by atoms with van der Waals surface area (Å²) in [5, 5.41) is 1.15. The monoisotopic (exact) mass is 481 g/mol. The van der Waals surface area contributed by atoms with Crippen LogP contribution in [0.4, 0.5) is 4.39 Å². The number of hydrogen-bond donors (Lipinski definition) is 0. The molecule has 0 amide bonds. The van der Waals surface area contributed by atoms with Crippen LogP contribution in [0.25, 0.3) is 16.6 Å². The lowest BCUT2D eigenvalue weighted by atomic mass is 10.2. The Morgan fingerprint density at radius 2 is 1.82 bits per heavy atom. The minimum absolute atomic E-state index is 0. The zero-order chi connectivity index (χ0) is 22.9. The van der Waals surface area contributed by atoms with Crippen molar-refractivity contribution in [1.82, 2.24) is 14.0 Å². The van der Waals surface area contributed by atoms with Gasteiger partial charge in [0.1, 0.15) is 18.2 Å². The fourth-order valence-electron chi connectivity index (χ4n) is 4.59. The van der Waals surface area contributed by atoms with Crippen LogP contribution in [-0.2, 0) is 19.6 Å². The predicted molar refractivity (Wildman–Crippen MR) is 136 cm³/mol. The molecule has 0 bridgehead atoms. The summed E-state index contributed by atoms with van der Waals surface area (Å²) in [6, 6.07) is 18.6. The van der Waals surface area contributed by atoms with Gasteiger partial charge in [0.05, 0.1) is 0 Å². The fourth-order valence-corrected chi connectivity index (χ4v) is 4.59. The van der Waals surface area contributed by atoms with Crippen molar-refractivity contribution in [3.8, 4) is 11.4 Å². The summed E-state index contributed by atoms with van der Waals surface area (Å²) in [5.41, 5.74) is 3.63. The smallest absolute Gasteiger partial charge is 0.258 e. The number of ether oxygens (including phenoxy) is 1. The third-order valence-electron chi connectivity index (χ3n) is 6.49. The second-order valence-electron chi connectivity index (χ2n) is 8.86. The van der Waals surface area contributed by atoms with Crippen molar-refractivity contribution in [1.29, 1.82) is 0 Å². The van der Waals surface area contributed by atoms with Gasteiger partial charge in [-0.25, -0.2) is 4.39 Å². The summed E-state index contributed by atoms with van der Waals surface area (Å²) in [4.78, 5) is 15.3. The van der Waals surface area contributed by atoms with Crippen molar-refractivity contribution < 1.29 is 9.13 Å². The molecule has 4 aromatic rings. The van der Waals surface area contributed by atoms with Gasteiger partial charge in [-0.3, -0.25) is 14.3 Å². The molecule has 0 spiro atoms. The first-order valence-electron chi connectivity index (χ1n) is 11.4. The van der Waals surface area contributed by atoms with Gasteiger partial charge in [0.2, 0.25) is 0 Å². The number of halogens is 2. The van der Waals surface area contributed by atoms with Crippen molar-refractivity contribution in [2.75, 3.05) is 13.1 Å². The van der Waals surface area contributed by atoms with Crippen LogP contribution in [0, 0.1) is 5.82 Å². The summed E-state index contributed by atoms with van der Waals surface area (Å²) in [6.07, 6.45) is 2.73. The number of pyridine rings is 1. The second kappa shape index (κ2) is 10.0. The van der Waals surface area contributed by atoms with Gasteiger partial charge in [0.15, 0.2) is 0 Å². The third kappa shape index (κ3) is 4.74. The van der Waals surface area contributed by atoms with Crippen LogP contribution in [0.1, 0.15) is 25.1 Å². The minimum atomic E-state index is -0.318. The lowest BCUT2D eigenvalue weighted by Crippen LogP contribution is -2.33. The quantitative estimate of drug-likeness (QED) is 0.393. The maximum Gasteiger partial charge on any atom is 0.258 e. The molecule has 0 radical (unpaired) electrons. The molecular formula is C27H29ClFN3O2. The van der Waals surface area contributed by atoms with Crippen molar-refractivity contribution >= 4 is 23.3 Å². The molecule has 5 rings (SSSR count). The maximum absolute atomic E-state index is 13.8. The van der Waals surface area contributed by atoms with Crippen molar-refractivity contribution in [3.05, 3.63) is 94.3 Å². The van der Waals surface area contributed by atoms with E-state index in [0.29, 0.717) is 17.4 Å². The van der Waals surface area contributed by atoms with Crippen molar-refractivity contribution in [2.24, 2.45) is 0 Å². The first-order valence-corrected chi connectivity index (χ1v) is 11.4. The standard InChI is InChI=1S/C27H28FN3O2.ClH/c1-19(2)29-11-9-23-16-21-15-22(7-8-26(21)30(23)14-13-29)31-12-10-24(17-27(31)32)33-18-20-5-3-4-6-25(20)28;/h3-8,10,12,15-17,19H,9,11,13-14,18H2,1-2H3;1H. The highest BCUT2D eigenvalue weighted by molar-refractivity contribution is 5.85. The first-order chi connectivity index (χ1) is 16.0. The Morgan fingerprint density at radius 3 is 2.59 bits per heavy atom. The maximum atomic E-state index is 13.8. The van der Waals surface area contributed by atoms with E-state index in [-0.39, 0.29) is 30.4 Å². The number of benzene rings is 2. The summed E-state index contributed by atoms with van der Waals surface area (Å²) < 4.78 is 23.5.